The lowest BCUT2D eigenvalue weighted by atomic mass is 9.72. The number of nitrogens with zero attached hydrogens (tertiary/aromatic N) is 3. The number of pyridine rings is 1. The molecule has 310 valence electrons. The third-order valence-electron chi connectivity index (χ3n) is 12.4. The van der Waals surface area contributed by atoms with Crippen LogP contribution in [0.25, 0.3) is 11.6 Å². The molecular weight excluding hydrogens is 780 g/mol. The van der Waals surface area contributed by atoms with E-state index in [1.807, 2.05) is 43.3 Å². The van der Waals surface area contributed by atoms with Crippen LogP contribution in [0.1, 0.15) is 78.7 Å². The fourth-order valence-corrected chi connectivity index (χ4v) is 10.2. The zero-order valence-corrected chi connectivity index (χ0v) is 36.0. The van der Waals surface area contributed by atoms with Crippen LogP contribution >= 0.6 is 11.6 Å². The number of hydrogen-bond acceptors (Lipinski definition) is 9. The number of hydrogen-bond donors (Lipinski definition) is 1. The number of aromatic nitrogens is 1. The maximum Gasteiger partial charge on any atom is 0.185 e. The Morgan fingerprint density at radius 3 is 2.54 bits per heavy atom. The van der Waals surface area contributed by atoms with Crippen LogP contribution in [0.4, 0.5) is 11.4 Å². The number of benzene rings is 3. The maximum absolute atomic E-state index is 14.0. The quantitative estimate of drug-likeness (QED) is 0.132. The second-order valence-electron chi connectivity index (χ2n) is 17.4. The molecule has 8 rings (SSSR count). The third-order valence-corrected chi connectivity index (χ3v) is 14.3. The molecule has 1 N–H and O–H groups in total. The fraction of sp³-hybridized carbons (Fsp3) is 0.417. The molecule has 0 bridgehead atoms. The summed E-state index contributed by atoms with van der Waals surface area (Å²) in [5.74, 6) is 0.137. The minimum absolute atomic E-state index is 0.125. The van der Waals surface area contributed by atoms with Gasteiger partial charge in [0.1, 0.15) is 17.3 Å². The van der Waals surface area contributed by atoms with Crippen LogP contribution < -0.4 is 15.0 Å². The van der Waals surface area contributed by atoms with Gasteiger partial charge in [-0.15, -0.1) is 0 Å². The molecule has 4 aromatic rings. The van der Waals surface area contributed by atoms with Crippen LogP contribution in [0.2, 0.25) is 5.02 Å². The summed E-state index contributed by atoms with van der Waals surface area (Å²) in [5, 5.41) is 4.24. The summed E-state index contributed by atoms with van der Waals surface area (Å²) in [5.41, 5.74) is 9.29. The minimum Gasteiger partial charge on any atom is -0.455 e. The number of piperazine rings is 1. The molecule has 0 atom stereocenters. The number of anilines is 2. The van der Waals surface area contributed by atoms with E-state index in [0.717, 1.165) is 118 Å². The van der Waals surface area contributed by atoms with Gasteiger partial charge >= 0.3 is 0 Å². The van der Waals surface area contributed by atoms with Crippen LogP contribution in [0, 0.1) is 18.3 Å². The van der Waals surface area contributed by atoms with Crippen molar-refractivity contribution in [2.24, 2.45) is 11.3 Å². The second-order valence-corrected chi connectivity index (χ2v) is 19.8. The van der Waals surface area contributed by atoms with Gasteiger partial charge < -0.3 is 19.7 Å². The van der Waals surface area contributed by atoms with Crippen LogP contribution in [0.3, 0.4) is 0 Å². The second kappa shape index (κ2) is 17.6. The topological polar surface area (TPSA) is 101 Å². The molecule has 11 heteroatoms. The van der Waals surface area contributed by atoms with Gasteiger partial charge in [0, 0.05) is 81.4 Å². The molecule has 9 nitrogen and oxygen atoms in total. The lowest BCUT2D eigenvalue weighted by Crippen LogP contribution is -2.47. The number of ether oxygens (including phenoxy) is 2. The summed E-state index contributed by atoms with van der Waals surface area (Å²) in [6.45, 7) is 13.3. The smallest absolute Gasteiger partial charge is 0.185 e. The monoisotopic (exact) mass is 834 g/mol. The van der Waals surface area contributed by atoms with Crippen molar-refractivity contribution in [1.29, 1.82) is 0 Å². The average molecular weight is 836 g/mol. The molecule has 0 radical (unpaired) electrons. The number of carbonyl (C=O) groups excluding carboxylic acids is 1. The summed E-state index contributed by atoms with van der Waals surface area (Å²) in [6, 6.07) is 20.8. The van der Waals surface area contributed by atoms with Crippen LogP contribution in [-0.2, 0) is 21.0 Å². The van der Waals surface area contributed by atoms with E-state index in [1.165, 1.54) is 23.1 Å². The van der Waals surface area contributed by atoms with E-state index < -0.39 is 21.4 Å². The summed E-state index contributed by atoms with van der Waals surface area (Å²) in [6.07, 6.45) is 11.8. The first kappa shape index (κ1) is 41.3. The van der Waals surface area contributed by atoms with E-state index in [1.54, 1.807) is 30.5 Å². The molecule has 3 aromatic carbocycles. The molecular formula is C48H55ClN4O5S. The van der Waals surface area contributed by atoms with Gasteiger partial charge in [-0.25, -0.2) is 8.42 Å². The molecule has 0 saturated carbocycles. The summed E-state index contributed by atoms with van der Waals surface area (Å²) < 4.78 is 39.5. The maximum atomic E-state index is 14.0. The van der Waals surface area contributed by atoms with Crippen molar-refractivity contribution >= 4 is 50.2 Å². The number of ketones is 1. The van der Waals surface area contributed by atoms with E-state index in [0.29, 0.717) is 17.4 Å². The Morgan fingerprint density at radius 1 is 1.00 bits per heavy atom. The van der Waals surface area contributed by atoms with Crippen LogP contribution in [0.15, 0.2) is 89.5 Å². The third kappa shape index (κ3) is 9.94. The lowest BCUT2D eigenvalue weighted by Gasteiger charge is -2.39. The number of aryl methyl sites for hydroxylation is 1. The summed E-state index contributed by atoms with van der Waals surface area (Å²) >= 11 is 6.25. The van der Waals surface area contributed by atoms with Gasteiger partial charge in [-0.1, -0.05) is 55.3 Å². The highest BCUT2D eigenvalue weighted by atomic mass is 35.5. The molecule has 3 heterocycles. The van der Waals surface area contributed by atoms with Crippen LogP contribution in [-0.4, -0.2) is 82.3 Å². The number of halogens is 1. The predicted octanol–water partition coefficient (Wildman–Crippen LogP) is 9.69. The molecule has 1 aromatic heterocycles. The van der Waals surface area contributed by atoms with Gasteiger partial charge in [0.05, 0.1) is 22.3 Å². The van der Waals surface area contributed by atoms with Crippen molar-refractivity contribution in [3.8, 4) is 11.5 Å². The number of rotatable bonds is 13. The average Bonchev–Trinajstić information content (AvgIpc) is 3.70. The normalized spacial score (nSPS) is 18.5. The molecule has 0 amide bonds. The SMILES string of the molecule is Cc1cc(S(=O)(=O)CC(=O)c2ccc(N3CCN(CC4=C(c5ccc(Cl)cc5)CC(C)(C)CC4)CC3)cc2Oc2cnc3c(c2)C=CC3)ccc1NCC1CCOCC1. The summed E-state index contributed by atoms with van der Waals surface area (Å²) in [4.78, 5) is 23.6. The molecule has 0 spiro atoms. The number of carbonyl (C=O) groups is 1. The van der Waals surface area contributed by atoms with Gasteiger partial charge in [-0.2, -0.15) is 0 Å². The van der Waals surface area contributed by atoms with E-state index in [4.69, 9.17) is 21.1 Å². The molecule has 2 aliphatic carbocycles. The van der Waals surface area contributed by atoms with Crippen molar-refractivity contribution in [1.82, 2.24) is 9.88 Å². The predicted molar refractivity (Wildman–Crippen MR) is 238 cm³/mol. The van der Waals surface area contributed by atoms with Gasteiger partial charge in [0.25, 0.3) is 0 Å². The zero-order chi connectivity index (χ0) is 41.1. The Hall–Kier alpha value is -4.48. The molecule has 4 aliphatic rings. The minimum atomic E-state index is -3.96. The van der Waals surface area contributed by atoms with Crippen molar-refractivity contribution in [2.75, 3.05) is 68.5 Å². The van der Waals surface area contributed by atoms with Gasteiger partial charge in [-0.3, -0.25) is 14.7 Å². The Balaban J connectivity index is 0.983. The highest BCUT2D eigenvalue weighted by molar-refractivity contribution is 7.92. The number of allylic oxidation sites excluding steroid dienone is 2. The van der Waals surface area contributed by atoms with Gasteiger partial charge in [0.2, 0.25) is 0 Å². The lowest BCUT2D eigenvalue weighted by molar-refractivity contribution is 0.0699. The van der Waals surface area contributed by atoms with Crippen molar-refractivity contribution in [2.45, 2.75) is 64.2 Å². The number of fused-ring (bicyclic) bond motifs is 1. The fourth-order valence-electron chi connectivity index (χ4n) is 8.77. The van der Waals surface area contributed by atoms with Gasteiger partial charge in [-0.05, 0) is 121 Å². The van der Waals surface area contributed by atoms with Crippen molar-refractivity contribution in [3.05, 3.63) is 118 Å². The molecule has 2 aliphatic heterocycles. The Labute approximate surface area is 354 Å². The zero-order valence-electron chi connectivity index (χ0n) is 34.4. The van der Waals surface area contributed by atoms with Crippen LogP contribution in [0.5, 0.6) is 11.5 Å². The van der Waals surface area contributed by atoms with Gasteiger partial charge in [0.15, 0.2) is 15.6 Å². The molecule has 2 saturated heterocycles. The van der Waals surface area contributed by atoms with E-state index in [9.17, 15) is 13.2 Å². The number of nitrogens with one attached hydrogen (secondary N) is 1. The van der Waals surface area contributed by atoms with Crippen molar-refractivity contribution < 1.29 is 22.7 Å². The molecule has 0 unspecified atom stereocenters. The summed E-state index contributed by atoms with van der Waals surface area (Å²) in [7, 11) is -3.96. The standard InChI is InChI=1S/C48H55ClN4O5S/c1-33-25-41(12-14-44(33)50-29-34-16-23-57-24-17-34)59(55,56)32-46(54)42-13-11-39(27-47(42)58-40-26-36-5-4-6-45(36)51-30-40)53-21-19-52(20-22-53)31-37-15-18-48(2,3)28-43(37)35-7-9-38(49)10-8-35/h4-5,7-14,25-27,30,34,50H,6,15-24,28-29,31-32H2,1-3H3. The highest BCUT2D eigenvalue weighted by Crippen LogP contribution is 2.43. The van der Waals surface area contributed by atoms with E-state index in [2.05, 4.69) is 52.2 Å². The largest absolute Gasteiger partial charge is 0.455 e. The Bertz CT molecular complexity index is 2360. The first-order chi connectivity index (χ1) is 28.4. The first-order valence-electron chi connectivity index (χ1n) is 21.0. The molecule has 2 fully saturated rings. The number of Topliss-reactive ketones (excluding diaryl/α,β-unsaturated/α-hetero) is 1. The molecule has 59 heavy (non-hydrogen) atoms. The Morgan fingerprint density at radius 2 is 1.78 bits per heavy atom. The Kier molecular flexibility index (Phi) is 12.3. The van der Waals surface area contributed by atoms with Crippen molar-refractivity contribution in [3.63, 3.8) is 0 Å². The van der Waals surface area contributed by atoms with E-state index >= 15 is 0 Å². The number of sulfone groups is 1. The van der Waals surface area contributed by atoms with E-state index in [-0.39, 0.29) is 15.9 Å². The highest BCUT2D eigenvalue weighted by Gasteiger charge is 2.30. The first-order valence-corrected chi connectivity index (χ1v) is 23.0.